The summed E-state index contributed by atoms with van der Waals surface area (Å²) in [5.74, 6) is 2.44. The van der Waals surface area contributed by atoms with Gasteiger partial charge in [0, 0.05) is 53.1 Å². The molecular formula is C22H36IN3O2. The first kappa shape index (κ1) is 23.4. The monoisotopic (exact) mass is 501 g/mol. The number of hydrogen-bond donors (Lipinski definition) is 1. The van der Waals surface area contributed by atoms with Crippen molar-refractivity contribution in [3.8, 4) is 0 Å². The van der Waals surface area contributed by atoms with E-state index in [2.05, 4.69) is 45.5 Å². The Balaban J connectivity index is 0.00000280. The first-order chi connectivity index (χ1) is 13.3. The Bertz CT molecular complexity index is 564. The molecule has 28 heavy (non-hydrogen) atoms. The van der Waals surface area contributed by atoms with E-state index >= 15 is 0 Å². The molecule has 0 saturated carbocycles. The fraction of sp³-hybridized carbons (Fsp3) is 0.682. The van der Waals surface area contributed by atoms with Crippen LogP contribution in [0.4, 0.5) is 0 Å². The van der Waals surface area contributed by atoms with Crippen molar-refractivity contribution in [1.82, 2.24) is 10.2 Å². The molecule has 0 spiro atoms. The average Bonchev–Trinajstić information content (AvgIpc) is 3.17. The van der Waals surface area contributed by atoms with Gasteiger partial charge >= 0.3 is 0 Å². The van der Waals surface area contributed by atoms with Crippen molar-refractivity contribution in [3.05, 3.63) is 35.9 Å². The van der Waals surface area contributed by atoms with Crippen LogP contribution in [0.5, 0.6) is 0 Å². The van der Waals surface area contributed by atoms with Gasteiger partial charge in [-0.15, -0.1) is 24.0 Å². The Morgan fingerprint density at radius 3 is 2.71 bits per heavy atom. The van der Waals surface area contributed by atoms with Gasteiger partial charge < -0.3 is 19.7 Å². The highest BCUT2D eigenvalue weighted by molar-refractivity contribution is 14.0. The SMILES string of the molecule is CN=C(NCCCOCC1CCOCC1)N1CCC(Cc2ccccc2)C1.I. The van der Waals surface area contributed by atoms with Crippen molar-refractivity contribution >= 4 is 29.9 Å². The zero-order valence-electron chi connectivity index (χ0n) is 17.1. The van der Waals surface area contributed by atoms with Gasteiger partial charge in [0.25, 0.3) is 0 Å². The number of nitrogens with zero attached hydrogens (tertiary/aromatic N) is 2. The van der Waals surface area contributed by atoms with Crippen molar-refractivity contribution in [1.29, 1.82) is 0 Å². The standard InChI is InChI=1S/C22H35N3O2.HI/c1-23-22(24-11-5-13-27-18-20-9-14-26-15-10-20)25-12-8-21(17-25)16-19-6-3-2-4-7-19;/h2-4,6-7,20-21H,5,8-18H2,1H3,(H,23,24);1H. The van der Waals surface area contributed by atoms with Crippen molar-refractivity contribution in [2.45, 2.75) is 32.1 Å². The summed E-state index contributed by atoms with van der Waals surface area (Å²) in [4.78, 5) is 6.88. The maximum absolute atomic E-state index is 5.85. The van der Waals surface area contributed by atoms with Gasteiger partial charge in [-0.2, -0.15) is 0 Å². The molecule has 158 valence electrons. The van der Waals surface area contributed by atoms with E-state index in [1.807, 2.05) is 7.05 Å². The summed E-state index contributed by atoms with van der Waals surface area (Å²) in [5.41, 5.74) is 1.44. The third-order valence-corrected chi connectivity index (χ3v) is 5.61. The molecule has 1 atom stereocenters. The van der Waals surface area contributed by atoms with E-state index < -0.39 is 0 Å². The molecule has 2 fully saturated rings. The highest BCUT2D eigenvalue weighted by Gasteiger charge is 2.24. The van der Waals surface area contributed by atoms with E-state index in [1.165, 1.54) is 12.0 Å². The zero-order valence-corrected chi connectivity index (χ0v) is 19.5. The van der Waals surface area contributed by atoms with E-state index in [0.29, 0.717) is 11.8 Å². The molecule has 0 bridgehead atoms. The Kier molecular flexibility index (Phi) is 11.2. The summed E-state index contributed by atoms with van der Waals surface area (Å²) in [7, 11) is 1.88. The van der Waals surface area contributed by atoms with Crippen LogP contribution in [-0.2, 0) is 15.9 Å². The molecule has 2 aliphatic heterocycles. The quantitative estimate of drug-likeness (QED) is 0.256. The number of ether oxygens (including phenoxy) is 2. The Morgan fingerprint density at radius 1 is 1.18 bits per heavy atom. The van der Waals surface area contributed by atoms with E-state index in [1.54, 1.807) is 0 Å². The van der Waals surface area contributed by atoms with Crippen LogP contribution in [0.2, 0.25) is 0 Å². The topological polar surface area (TPSA) is 46.1 Å². The van der Waals surface area contributed by atoms with E-state index in [9.17, 15) is 0 Å². The molecule has 2 aliphatic rings. The molecule has 1 unspecified atom stereocenters. The lowest BCUT2D eigenvalue weighted by molar-refractivity contribution is 0.0203. The minimum absolute atomic E-state index is 0. The summed E-state index contributed by atoms with van der Waals surface area (Å²) in [6.07, 6.45) is 5.70. The predicted molar refractivity (Wildman–Crippen MR) is 126 cm³/mol. The van der Waals surface area contributed by atoms with Gasteiger partial charge in [0.15, 0.2) is 5.96 Å². The molecule has 1 aromatic carbocycles. The van der Waals surface area contributed by atoms with Crippen molar-refractivity contribution in [2.75, 3.05) is 53.1 Å². The van der Waals surface area contributed by atoms with Gasteiger partial charge in [-0.1, -0.05) is 30.3 Å². The lowest BCUT2D eigenvalue weighted by Gasteiger charge is -2.23. The summed E-state index contributed by atoms with van der Waals surface area (Å²) in [6.45, 7) is 6.59. The molecular weight excluding hydrogens is 465 g/mol. The van der Waals surface area contributed by atoms with Crippen LogP contribution in [0.3, 0.4) is 0 Å². The molecule has 5 nitrogen and oxygen atoms in total. The van der Waals surface area contributed by atoms with Gasteiger partial charge in [-0.05, 0) is 49.5 Å². The summed E-state index contributed by atoms with van der Waals surface area (Å²) in [6, 6.07) is 10.8. The molecule has 2 heterocycles. The van der Waals surface area contributed by atoms with Crippen molar-refractivity contribution < 1.29 is 9.47 Å². The third-order valence-electron chi connectivity index (χ3n) is 5.61. The summed E-state index contributed by atoms with van der Waals surface area (Å²) < 4.78 is 11.2. The van der Waals surface area contributed by atoms with Crippen LogP contribution in [0.15, 0.2) is 35.3 Å². The molecule has 1 aromatic rings. The molecule has 0 amide bonds. The molecule has 0 aromatic heterocycles. The molecule has 0 radical (unpaired) electrons. The van der Waals surface area contributed by atoms with Crippen LogP contribution >= 0.6 is 24.0 Å². The number of guanidine groups is 1. The Hall–Kier alpha value is -0.860. The predicted octanol–water partition coefficient (Wildman–Crippen LogP) is 3.58. The maximum atomic E-state index is 5.85. The Labute approximate surface area is 187 Å². The number of halogens is 1. The van der Waals surface area contributed by atoms with Crippen LogP contribution in [0.1, 0.15) is 31.2 Å². The number of hydrogen-bond acceptors (Lipinski definition) is 3. The lowest BCUT2D eigenvalue weighted by Crippen LogP contribution is -2.40. The number of nitrogens with one attached hydrogen (secondary N) is 1. The minimum Gasteiger partial charge on any atom is -0.381 e. The largest absolute Gasteiger partial charge is 0.381 e. The highest BCUT2D eigenvalue weighted by atomic mass is 127. The lowest BCUT2D eigenvalue weighted by atomic mass is 9.99. The van der Waals surface area contributed by atoms with E-state index in [0.717, 1.165) is 77.7 Å². The molecule has 6 heteroatoms. The third kappa shape index (κ3) is 7.87. The van der Waals surface area contributed by atoms with Crippen LogP contribution in [-0.4, -0.2) is 64.0 Å². The molecule has 0 aliphatic carbocycles. The second kappa shape index (κ2) is 13.4. The van der Waals surface area contributed by atoms with Gasteiger partial charge in [-0.3, -0.25) is 4.99 Å². The van der Waals surface area contributed by atoms with Gasteiger partial charge in [0.1, 0.15) is 0 Å². The molecule has 1 N–H and O–H groups in total. The molecule has 3 rings (SSSR count). The van der Waals surface area contributed by atoms with Crippen molar-refractivity contribution in [3.63, 3.8) is 0 Å². The smallest absolute Gasteiger partial charge is 0.193 e. The number of benzene rings is 1. The first-order valence-corrected chi connectivity index (χ1v) is 10.5. The second-order valence-electron chi connectivity index (χ2n) is 7.75. The van der Waals surface area contributed by atoms with Crippen molar-refractivity contribution in [2.24, 2.45) is 16.8 Å². The van der Waals surface area contributed by atoms with Crippen LogP contribution in [0, 0.1) is 11.8 Å². The maximum Gasteiger partial charge on any atom is 0.193 e. The van der Waals surface area contributed by atoms with E-state index in [4.69, 9.17) is 9.47 Å². The van der Waals surface area contributed by atoms with E-state index in [-0.39, 0.29) is 24.0 Å². The number of likely N-dealkylation sites (tertiary alicyclic amines) is 1. The van der Waals surface area contributed by atoms with Crippen LogP contribution < -0.4 is 5.32 Å². The summed E-state index contributed by atoms with van der Waals surface area (Å²) >= 11 is 0. The average molecular weight is 501 g/mol. The number of rotatable bonds is 8. The fourth-order valence-electron chi connectivity index (χ4n) is 4.01. The second-order valence-corrected chi connectivity index (χ2v) is 7.75. The van der Waals surface area contributed by atoms with Gasteiger partial charge in [0.2, 0.25) is 0 Å². The fourth-order valence-corrected chi connectivity index (χ4v) is 4.01. The van der Waals surface area contributed by atoms with Crippen LogP contribution in [0.25, 0.3) is 0 Å². The minimum atomic E-state index is 0. The Morgan fingerprint density at radius 2 is 1.96 bits per heavy atom. The summed E-state index contributed by atoms with van der Waals surface area (Å²) in [5, 5.41) is 3.51. The first-order valence-electron chi connectivity index (χ1n) is 10.5. The van der Waals surface area contributed by atoms with Gasteiger partial charge in [0.05, 0.1) is 0 Å². The molecule has 2 saturated heterocycles. The van der Waals surface area contributed by atoms with Gasteiger partial charge in [-0.25, -0.2) is 0 Å². The number of aliphatic imine (C=N–C) groups is 1. The normalized spacial score (nSPS) is 20.8. The highest BCUT2D eigenvalue weighted by Crippen LogP contribution is 2.21. The zero-order chi connectivity index (χ0) is 18.7.